The van der Waals surface area contributed by atoms with E-state index >= 15 is 0 Å². The Labute approximate surface area is 209 Å². The van der Waals surface area contributed by atoms with Gasteiger partial charge in [-0.25, -0.2) is 4.79 Å². The van der Waals surface area contributed by atoms with Crippen molar-refractivity contribution in [1.29, 1.82) is 0 Å². The van der Waals surface area contributed by atoms with E-state index in [0.717, 1.165) is 44.1 Å². The molecule has 2 aliphatic heterocycles. The molecule has 190 valence electrons. The van der Waals surface area contributed by atoms with Crippen LogP contribution in [0.5, 0.6) is 5.75 Å². The van der Waals surface area contributed by atoms with E-state index in [2.05, 4.69) is 19.1 Å². The van der Waals surface area contributed by atoms with E-state index in [9.17, 15) is 9.59 Å². The van der Waals surface area contributed by atoms with Gasteiger partial charge in [-0.05, 0) is 104 Å². The van der Waals surface area contributed by atoms with Crippen LogP contribution in [-0.2, 0) is 16.0 Å². The zero-order valence-corrected chi connectivity index (χ0v) is 21.3. The molecule has 35 heavy (non-hydrogen) atoms. The van der Waals surface area contributed by atoms with E-state index in [-0.39, 0.29) is 18.0 Å². The molecule has 2 heterocycles. The maximum atomic E-state index is 12.9. The maximum Gasteiger partial charge on any atom is 0.415 e. The smallest absolute Gasteiger partial charge is 0.410 e. The molecular weight excluding hydrogens is 440 g/mol. The monoisotopic (exact) mass is 480 g/mol. The number of carbonyl (C=O) groups is 2. The maximum absolute atomic E-state index is 12.9. The van der Waals surface area contributed by atoms with Gasteiger partial charge in [0.2, 0.25) is 5.91 Å². The summed E-state index contributed by atoms with van der Waals surface area (Å²) in [7, 11) is 1.89. The summed E-state index contributed by atoms with van der Waals surface area (Å²) in [4.78, 5) is 28.8. The van der Waals surface area contributed by atoms with Crippen LogP contribution in [0.3, 0.4) is 0 Å². The number of aryl methyl sites for hydroxylation is 1. The molecule has 0 radical (unpaired) electrons. The van der Waals surface area contributed by atoms with Crippen LogP contribution < -0.4 is 4.74 Å². The summed E-state index contributed by atoms with van der Waals surface area (Å²) in [5.41, 5.74) is 3.19. The fraction of sp³-hybridized carbons (Fsp3) is 0.724. The van der Waals surface area contributed by atoms with Gasteiger partial charge in [-0.1, -0.05) is 13.0 Å². The highest BCUT2D eigenvalue weighted by molar-refractivity contribution is 5.78. The predicted molar refractivity (Wildman–Crippen MR) is 133 cm³/mol. The Morgan fingerprint density at radius 3 is 2.60 bits per heavy atom. The van der Waals surface area contributed by atoms with Gasteiger partial charge in [0, 0.05) is 39.2 Å². The first-order valence-corrected chi connectivity index (χ1v) is 13.9. The second kappa shape index (κ2) is 9.10. The Morgan fingerprint density at radius 2 is 1.86 bits per heavy atom. The molecule has 6 nitrogen and oxygen atoms in total. The Kier molecular flexibility index (Phi) is 6.06. The largest absolute Gasteiger partial charge is 0.415 e. The lowest BCUT2D eigenvalue weighted by molar-refractivity contribution is -0.130. The number of piperidine rings is 1. The predicted octanol–water partition coefficient (Wildman–Crippen LogP) is 5.14. The summed E-state index contributed by atoms with van der Waals surface area (Å²) >= 11 is 0. The van der Waals surface area contributed by atoms with Crippen molar-refractivity contribution in [3.05, 3.63) is 29.3 Å². The molecule has 2 saturated carbocycles. The Bertz CT molecular complexity index is 987. The topological polar surface area (TPSA) is 59.1 Å². The lowest BCUT2D eigenvalue weighted by Crippen LogP contribution is -2.47. The minimum Gasteiger partial charge on any atom is -0.410 e. The highest BCUT2D eigenvalue weighted by atomic mass is 16.6. The number of hydrogen-bond donors (Lipinski definition) is 0. The summed E-state index contributed by atoms with van der Waals surface area (Å²) in [5.74, 6) is 3.08. The van der Waals surface area contributed by atoms with Crippen molar-refractivity contribution >= 4 is 12.0 Å². The van der Waals surface area contributed by atoms with Crippen LogP contribution in [0.2, 0.25) is 0 Å². The third-order valence-electron chi connectivity index (χ3n) is 10.4. The molecule has 0 spiro atoms. The molecule has 0 bridgehead atoms. The van der Waals surface area contributed by atoms with Crippen molar-refractivity contribution in [2.75, 3.05) is 26.7 Å². The molecule has 1 aromatic rings. The number of hydrogen-bond acceptors (Lipinski definition) is 4. The van der Waals surface area contributed by atoms with Crippen LogP contribution in [0.1, 0.15) is 81.8 Å². The number of carbonyl (C=O) groups excluding carboxylic acids is 2. The van der Waals surface area contributed by atoms with Crippen LogP contribution in [0.15, 0.2) is 18.2 Å². The summed E-state index contributed by atoms with van der Waals surface area (Å²) < 4.78 is 11.7. The number of likely N-dealkylation sites (tertiary alicyclic amines) is 2. The molecule has 6 rings (SSSR count). The van der Waals surface area contributed by atoms with Crippen molar-refractivity contribution < 1.29 is 19.1 Å². The van der Waals surface area contributed by atoms with Gasteiger partial charge in [0.05, 0.1) is 6.10 Å². The van der Waals surface area contributed by atoms with E-state index in [1.165, 1.54) is 43.2 Å². The van der Waals surface area contributed by atoms with Crippen LogP contribution >= 0.6 is 0 Å². The number of nitrogens with zero attached hydrogens (tertiary/aromatic N) is 2. The minimum atomic E-state index is -0.255. The quantitative estimate of drug-likeness (QED) is 0.601. The standard InChI is InChI=1S/C29H40N2O4/c1-29-14-11-23-22-8-6-21(18-19(22)5-7-24(23)25(29)9-10-26(29)34-2)35-28(33)30-16-12-20(13-17-30)31-15-3-4-27(31)32/h6,8,18,20,23-26H,3-5,7,9-17H2,1-2H3. The molecule has 3 aliphatic carbocycles. The number of benzene rings is 1. The van der Waals surface area contributed by atoms with Gasteiger partial charge in [-0.3, -0.25) is 4.79 Å². The van der Waals surface area contributed by atoms with E-state index in [1.807, 2.05) is 18.1 Å². The molecule has 0 aromatic heterocycles. The molecule has 2 amide bonds. The zero-order chi connectivity index (χ0) is 24.2. The molecular formula is C29H40N2O4. The Hall–Kier alpha value is -2.08. The van der Waals surface area contributed by atoms with Gasteiger partial charge < -0.3 is 19.3 Å². The molecule has 6 heteroatoms. The third-order valence-corrected chi connectivity index (χ3v) is 10.4. The van der Waals surface area contributed by atoms with Gasteiger partial charge >= 0.3 is 6.09 Å². The van der Waals surface area contributed by atoms with Crippen LogP contribution in [0, 0.1) is 17.3 Å². The lowest BCUT2D eigenvalue weighted by atomic mass is 9.55. The second-order valence-corrected chi connectivity index (χ2v) is 11.9. The van der Waals surface area contributed by atoms with Crippen molar-refractivity contribution in [3.63, 3.8) is 0 Å². The summed E-state index contributed by atoms with van der Waals surface area (Å²) in [6.45, 7) is 4.66. The molecule has 1 aromatic carbocycles. The number of fused-ring (bicyclic) bond motifs is 5. The van der Waals surface area contributed by atoms with E-state index in [0.29, 0.717) is 42.7 Å². The average molecular weight is 481 g/mol. The van der Waals surface area contributed by atoms with Crippen LogP contribution in [0.4, 0.5) is 4.79 Å². The summed E-state index contributed by atoms with van der Waals surface area (Å²) in [5, 5.41) is 0. The number of rotatable bonds is 3. The lowest BCUT2D eigenvalue weighted by Gasteiger charge is -2.50. The third kappa shape index (κ3) is 3.96. The average Bonchev–Trinajstić information content (AvgIpc) is 3.46. The Morgan fingerprint density at radius 1 is 1.03 bits per heavy atom. The normalized spacial score (nSPS) is 35.0. The van der Waals surface area contributed by atoms with Crippen molar-refractivity contribution in [3.8, 4) is 5.75 Å². The first-order valence-electron chi connectivity index (χ1n) is 13.9. The van der Waals surface area contributed by atoms with Crippen molar-refractivity contribution in [2.24, 2.45) is 17.3 Å². The molecule has 5 unspecified atom stereocenters. The van der Waals surface area contributed by atoms with Crippen molar-refractivity contribution in [1.82, 2.24) is 9.80 Å². The number of ether oxygens (including phenoxy) is 2. The first kappa shape index (κ1) is 23.3. The Balaban J connectivity index is 1.09. The fourth-order valence-electron chi connectivity index (χ4n) is 8.54. The highest BCUT2D eigenvalue weighted by Gasteiger charge is 2.55. The fourth-order valence-corrected chi connectivity index (χ4v) is 8.54. The van der Waals surface area contributed by atoms with Gasteiger partial charge in [0.1, 0.15) is 5.75 Å². The van der Waals surface area contributed by atoms with Crippen LogP contribution in [-0.4, -0.2) is 60.7 Å². The molecule has 4 fully saturated rings. The SMILES string of the molecule is COC1CCC2C3CCc4cc(OC(=O)N5CCC(N6CCCC6=O)CC5)ccc4C3CCC12C. The molecule has 0 N–H and O–H groups in total. The molecule has 5 atom stereocenters. The van der Waals surface area contributed by atoms with E-state index in [4.69, 9.17) is 9.47 Å². The van der Waals surface area contributed by atoms with Gasteiger partial charge in [-0.15, -0.1) is 0 Å². The van der Waals surface area contributed by atoms with Gasteiger partial charge in [-0.2, -0.15) is 0 Å². The van der Waals surface area contributed by atoms with Gasteiger partial charge in [0.25, 0.3) is 0 Å². The zero-order valence-electron chi connectivity index (χ0n) is 21.3. The van der Waals surface area contributed by atoms with Crippen molar-refractivity contribution in [2.45, 2.75) is 89.2 Å². The number of amides is 2. The van der Waals surface area contributed by atoms with Gasteiger partial charge in [0.15, 0.2) is 0 Å². The summed E-state index contributed by atoms with van der Waals surface area (Å²) in [6, 6.07) is 6.65. The highest BCUT2D eigenvalue weighted by Crippen LogP contribution is 2.61. The van der Waals surface area contributed by atoms with Crippen LogP contribution in [0.25, 0.3) is 0 Å². The van der Waals surface area contributed by atoms with E-state index in [1.54, 1.807) is 4.90 Å². The summed E-state index contributed by atoms with van der Waals surface area (Å²) in [6.07, 6.45) is 10.8. The number of methoxy groups -OCH3 is 1. The minimum absolute atomic E-state index is 0.255. The molecule has 2 saturated heterocycles. The van der Waals surface area contributed by atoms with E-state index < -0.39 is 0 Å². The second-order valence-electron chi connectivity index (χ2n) is 11.9. The first-order chi connectivity index (χ1) is 17.0. The molecule has 5 aliphatic rings.